The quantitative estimate of drug-likeness (QED) is 0.815. The third-order valence-electron chi connectivity index (χ3n) is 3.54. The van der Waals surface area contributed by atoms with E-state index in [9.17, 15) is 9.18 Å². The molecule has 0 atom stereocenters. The SMILES string of the molecule is Cc1ccc(OCCNC(=O)Cc2ccc(Cl)cc2F)cc1C. The van der Waals surface area contributed by atoms with Crippen LogP contribution in [-0.4, -0.2) is 19.1 Å². The summed E-state index contributed by atoms with van der Waals surface area (Å²) in [6, 6.07) is 10.1. The standard InChI is InChI=1S/C18H19ClFNO2/c1-12-3-6-16(9-13(12)2)23-8-7-21-18(22)10-14-4-5-15(19)11-17(14)20/h3-6,9,11H,7-8,10H2,1-2H3,(H,21,22). The zero-order valence-corrected chi connectivity index (χ0v) is 13.9. The number of hydrogen-bond acceptors (Lipinski definition) is 2. The summed E-state index contributed by atoms with van der Waals surface area (Å²) in [4.78, 5) is 11.8. The Bertz CT molecular complexity index is 703. The van der Waals surface area contributed by atoms with Crippen LogP contribution in [0.4, 0.5) is 4.39 Å². The Hall–Kier alpha value is -2.07. The molecule has 3 nitrogen and oxygen atoms in total. The summed E-state index contributed by atoms with van der Waals surface area (Å²) < 4.78 is 19.2. The third kappa shape index (κ3) is 5.25. The molecule has 1 N–H and O–H groups in total. The zero-order valence-electron chi connectivity index (χ0n) is 13.2. The molecule has 0 radical (unpaired) electrons. The van der Waals surface area contributed by atoms with Crippen LogP contribution in [0.1, 0.15) is 16.7 Å². The molecular weight excluding hydrogens is 317 g/mol. The molecule has 0 unspecified atom stereocenters. The highest BCUT2D eigenvalue weighted by molar-refractivity contribution is 6.30. The summed E-state index contributed by atoms with van der Waals surface area (Å²) in [6.07, 6.45) is -0.0212. The highest BCUT2D eigenvalue weighted by Gasteiger charge is 2.08. The molecule has 2 aromatic rings. The van der Waals surface area contributed by atoms with Crippen LogP contribution < -0.4 is 10.1 Å². The van der Waals surface area contributed by atoms with Gasteiger partial charge in [0.2, 0.25) is 5.91 Å². The highest BCUT2D eigenvalue weighted by Crippen LogP contribution is 2.16. The molecule has 2 aromatic carbocycles. The van der Waals surface area contributed by atoms with Gasteiger partial charge in [0, 0.05) is 5.02 Å². The molecule has 0 fully saturated rings. The topological polar surface area (TPSA) is 38.3 Å². The molecule has 0 saturated carbocycles. The first-order chi connectivity index (χ1) is 11.0. The lowest BCUT2D eigenvalue weighted by atomic mass is 10.1. The number of ether oxygens (including phenoxy) is 1. The van der Waals surface area contributed by atoms with E-state index in [0.717, 1.165) is 11.3 Å². The van der Waals surface area contributed by atoms with Crippen molar-refractivity contribution in [2.75, 3.05) is 13.2 Å². The number of amides is 1. The van der Waals surface area contributed by atoms with Gasteiger partial charge in [-0.25, -0.2) is 4.39 Å². The van der Waals surface area contributed by atoms with E-state index in [-0.39, 0.29) is 12.3 Å². The first kappa shape index (κ1) is 17.3. The van der Waals surface area contributed by atoms with E-state index in [0.29, 0.717) is 23.7 Å². The number of benzene rings is 2. The van der Waals surface area contributed by atoms with Crippen LogP contribution in [0.15, 0.2) is 36.4 Å². The number of rotatable bonds is 6. The maximum atomic E-state index is 13.6. The number of carbonyl (C=O) groups excluding carboxylic acids is 1. The molecule has 2 rings (SSSR count). The maximum absolute atomic E-state index is 13.6. The van der Waals surface area contributed by atoms with Gasteiger partial charge in [-0.3, -0.25) is 4.79 Å². The summed E-state index contributed by atoms with van der Waals surface area (Å²) in [5, 5.41) is 3.02. The second-order valence-corrected chi connectivity index (χ2v) is 5.79. The van der Waals surface area contributed by atoms with Gasteiger partial charge in [0.25, 0.3) is 0 Å². The molecule has 122 valence electrons. The minimum Gasteiger partial charge on any atom is -0.492 e. The fourth-order valence-electron chi connectivity index (χ4n) is 2.06. The second kappa shape index (κ2) is 7.97. The van der Waals surface area contributed by atoms with Gasteiger partial charge in [-0.05, 0) is 54.8 Å². The Balaban J connectivity index is 1.75. The van der Waals surface area contributed by atoms with Crippen LogP contribution in [0, 0.1) is 19.7 Å². The normalized spacial score (nSPS) is 10.4. The monoisotopic (exact) mass is 335 g/mol. The fourth-order valence-corrected chi connectivity index (χ4v) is 2.22. The van der Waals surface area contributed by atoms with Gasteiger partial charge >= 0.3 is 0 Å². The molecule has 0 spiro atoms. The summed E-state index contributed by atoms with van der Waals surface area (Å²) in [5.41, 5.74) is 2.68. The van der Waals surface area contributed by atoms with Crippen LogP contribution in [0.2, 0.25) is 5.02 Å². The van der Waals surface area contributed by atoms with Crippen molar-refractivity contribution in [3.63, 3.8) is 0 Å². The van der Waals surface area contributed by atoms with Gasteiger partial charge in [-0.2, -0.15) is 0 Å². The van der Waals surface area contributed by atoms with Crippen molar-refractivity contribution in [3.8, 4) is 5.75 Å². The molecule has 0 saturated heterocycles. The van der Waals surface area contributed by atoms with Crippen LogP contribution >= 0.6 is 11.6 Å². The van der Waals surface area contributed by atoms with Crippen molar-refractivity contribution in [1.29, 1.82) is 0 Å². The van der Waals surface area contributed by atoms with E-state index in [1.807, 2.05) is 32.0 Å². The Labute approximate surface area is 140 Å². The molecule has 5 heteroatoms. The van der Waals surface area contributed by atoms with Crippen LogP contribution in [0.5, 0.6) is 5.75 Å². The van der Waals surface area contributed by atoms with Gasteiger partial charge in [0.1, 0.15) is 18.2 Å². The number of halogens is 2. The van der Waals surface area contributed by atoms with Crippen molar-refractivity contribution >= 4 is 17.5 Å². The number of nitrogens with one attached hydrogen (secondary N) is 1. The molecular formula is C18H19ClFNO2. The van der Waals surface area contributed by atoms with Crippen molar-refractivity contribution < 1.29 is 13.9 Å². The lowest BCUT2D eigenvalue weighted by molar-refractivity contribution is -0.120. The predicted molar refractivity (Wildman–Crippen MR) is 89.5 cm³/mol. The fraction of sp³-hybridized carbons (Fsp3) is 0.278. The van der Waals surface area contributed by atoms with E-state index in [1.54, 1.807) is 6.07 Å². The molecule has 23 heavy (non-hydrogen) atoms. The summed E-state index contributed by atoms with van der Waals surface area (Å²) in [6.45, 7) is 4.78. The summed E-state index contributed by atoms with van der Waals surface area (Å²) in [7, 11) is 0. The van der Waals surface area contributed by atoms with Gasteiger partial charge in [-0.1, -0.05) is 23.7 Å². The smallest absolute Gasteiger partial charge is 0.224 e. The minimum absolute atomic E-state index is 0.0212. The van der Waals surface area contributed by atoms with Gasteiger partial charge < -0.3 is 10.1 Å². The van der Waals surface area contributed by atoms with E-state index >= 15 is 0 Å². The Kier molecular flexibility index (Phi) is 5.99. The van der Waals surface area contributed by atoms with Gasteiger partial charge in [0.05, 0.1) is 13.0 Å². The maximum Gasteiger partial charge on any atom is 0.224 e. The highest BCUT2D eigenvalue weighted by atomic mass is 35.5. The van der Waals surface area contributed by atoms with E-state index in [4.69, 9.17) is 16.3 Å². The molecule has 0 aliphatic heterocycles. The average Bonchev–Trinajstić information content (AvgIpc) is 2.50. The summed E-state index contributed by atoms with van der Waals surface area (Å²) in [5.74, 6) is 0.0417. The van der Waals surface area contributed by atoms with Crippen molar-refractivity contribution in [3.05, 3.63) is 63.9 Å². The van der Waals surface area contributed by atoms with E-state index < -0.39 is 5.82 Å². The Morgan fingerprint density at radius 1 is 1.17 bits per heavy atom. The lowest BCUT2D eigenvalue weighted by Gasteiger charge is -2.09. The zero-order chi connectivity index (χ0) is 16.8. The van der Waals surface area contributed by atoms with Crippen LogP contribution in [0.25, 0.3) is 0 Å². The van der Waals surface area contributed by atoms with Crippen molar-refractivity contribution in [2.45, 2.75) is 20.3 Å². The predicted octanol–water partition coefficient (Wildman–Crippen LogP) is 3.83. The molecule has 1 amide bonds. The summed E-state index contributed by atoms with van der Waals surface area (Å²) >= 11 is 5.68. The first-order valence-electron chi connectivity index (χ1n) is 7.36. The Morgan fingerprint density at radius 3 is 2.65 bits per heavy atom. The molecule has 0 heterocycles. The average molecular weight is 336 g/mol. The van der Waals surface area contributed by atoms with E-state index in [2.05, 4.69) is 5.32 Å². The molecule has 0 aliphatic carbocycles. The molecule has 0 aliphatic rings. The number of carbonyl (C=O) groups is 1. The molecule has 0 bridgehead atoms. The largest absolute Gasteiger partial charge is 0.492 e. The lowest BCUT2D eigenvalue weighted by Crippen LogP contribution is -2.29. The molecule has 0 aromatic heterocycles. The number of aryl methyl sites for hydroxylation is 2. The third-order valence-corrected chi connectivity index (χ3v) is 3.77. The van der Waals surface area contributed by atoms with Crippen molar-refractivity contribution in [2.24, 2.45) is 0 Å². The number of hydrogen-bond donors (Lipinski definition) is 1. The second-order valence-electron chi connectivity index (χ2n) is 5.36. The van der Waals surface area contributed by atoms with Crippen LogP contribution in [-0.2, 0) is 11.2 Å². The first-order valence-corrected chi connectivity index (χ1v) is 7.74. The van der Waals surface area contributed by atoms with Gasteiger partial charge in [-0.15, -0.1) is 0 Å². The van der Waals surface area contributed by atoms with Crippen molar-refractivity contribution in [1.82, 2.24) is 5.32 Å². The van der Waals surface area contributed by atoms with Gasteiger partial charge in [0.15, 0.2) is 0 Å². The Morgan fingerprint density at radius 2 is 1.96 bits per heavy atom. The van der Waals surface area contributed by atoms with E-state index in [1.165, 1.54) is 17.7 Å². The van der Waals surface area contributed by atoms with Crippen LogP contribution in [0.3, 0.4) is 0 Å². The minimum atomic E-state index is -0.473.